The summed E-state index contributed by atoms with van der Waals surface area (Å²) in [7, 11) is -3.77. The summed E-state index contributed by atoms with van der Waals surface area (Å²) in [5.74, 6) is -1.23. The Balaban J connectivity index is 1.55. The van der Waals surface area contributed by atoms with Crippen LogP contribution in [0, 0.1) is 11.6 Å². The second-order valence-electron chi connectivity index (χ2n) is 6.52. The molecule has 2 aromatic carbocycles. The molecule has 0 unspecified atom stereocenters. The van der Waals surface area contributed by atoms with E-state index in [-0.39, 0.29) is 22.8 Å². The SMILES string of the molecule is O=C1NCc2c(Oc3ccc(CS(=O)(=O)c4ccc(F)cc4)cc3F)ccnc2N1. The van der Waals surface area contributed by atoms with Gasteiger partial charge in [0.1, 0.15) is 17.4 Å². The molecule has 1 aromatic heterocycles. The van der Waals surface area contributed by atoms with Crippen LogP contribution in [0.15, 0.2) is 59.6 Å². The third-order valence-corrected chi connectivity index (χ3v) is 6.12. The van der Waals surface area contributed by atoms with Crippen LogP contribution in [-0.2, 0) is 22.1 Å². The molecule has 7 nitrogen and oxygen atoms in total. The predicted octanol–water partition coefficient (Wildman–Crippen LogP) is 3.76. The fourth-order valence-electron chi connectivity index (χ4n) is 2.95. The van der Waals surface area contributed by atoms with Crippen molar-refractivity contribution in [3.8, 4) is 11.5 Å². The average molecular weight is 431 g/mol. The molecule has 2 N–H and O–H groups in total. The zero-order chi connectivity index (χ0) is 21.3. The molecular formula is C20H15F2N3O4S. The first-order valence-electron chi connectivity index (χ1n) is 8.79. The van der Waals surface area contributed by atoms with E-state index in [1.165, 1.54) is 24.4 Å². The lowest BCUT2D eigenvalue weighted by Gasteiger charge is -2.20. The summed E-state index contributed by atoms with van der Waals surface area (Å²) < 4.78 is 58.2. The summed E-state index contributed by atoms with van der Waals surface area (Å²) in [4.78, 5) is 15.4. The van der Waals surface area contributed by atoms with Crippen molar-refractivity contribution in [3.05, 3.63) is 77.5 Å². The number of nitrogens with one attached hydrogen (secondary N) is 2. The van der Waals surface area contributed by atoms with Crippen LogP contribution in [0.1, 0.15) is 11.1 Å². The molecule has 0 atom stereocenters. The number of aromatic nitrogens is 1. The number of urea groups is 1. The van der Waals surface area contributed by atoms with E-state index < -0.39 is 33.3 Å². The summed E-state index contributed by atoms with van der Waals surface area (Å²) in [5.41, 5.74) is 0.773. The van der Waals surface area contributed by atoms with Crippen molar-refractivity contribution >= 4 is 21.7 Å². The average Bonchev–Trinajstić information content (AvgIpc) is 2.70. The maximum atomic E-state index is 14.6. The third kappa shape index (κ3) is 4.08. The molecule has 1 aliphatic rings. The maximum Gasteiger partial charge on any atom is 0.320 e. The van der Waals surface area contributed by atoms with Crippen LogP contribution in [0.5, 0.6) is 11.5 Å². The van der Waals surface area contributed by atoms with Crippen LogP contribution in [0.3, 0.4) is 0 Å². The second-order valence-corrected chi connectivity index (χ2v) is 8.51. The number of halogens is 2. The lowest BCUT2D eigenvalue weighted by Crippen LogP contribution is -2.34. The van der Waals surface area contributed by atoms with Crippen molar-refractivity contribution < 1.29 is 26.7 Å². The number of amides is 2. The number of fused-ring (bicyclic) bond motifs is 1. The highest BCUT2D eigenvalue weighted by atomic mass is 32.2. The third-order valence-electron chi connectivity index (χ3n) is 4.42. The Hall–Kier alpha value is -3.53. The molecule has 10 heteroatoms. The second kappa shape index (κ2) is 7.71. The smallest absolute Gasteiger partial charge is 0.320 e. The van der Waals surface area contributed by atoms with Gasteiger partial charge >= 0.3 is 6.03 Å². The molecule has 3 aromatic rings. The number of pyridine rings is 1. The fourth-order valence-corrected chi connectivity index (χ4v) is 4.29. The molecule has 2 heterocycles. The van der Waals surface area contributed by atoms with Gasteiger partial charge in [-0.15, -0.1) is 0 Å². The van der Waals surface area contributed by atoms with Gasteiger partial charge in [0.05, 0.1) is 22.8 Å². The normalized spacial score (nSPS) is 13.2. The number of carbonyl (C=O) groups excluding carboxylic acids is 1. The Morgan fingerprint density at radius 1 is 1.03 bits per heavy atom. The first-order chi connectivity index (χ1) is 14.3. The summed E-state index contributed by atoms with van der Waals surface area (Å²) in [6.07, 6.45) is 1.42. The van der Waals surface area contributed by atoms with Crippen molar-refractivity contribution in [3.63, 3.8) is 0 Å². The molecule has 30 heavy (non-hydrogen) atoms. The topological polar surface area (TPSA) is 97.4 Å². The molecule has 154 valence electrons. The van der Waals surface area contributed by atoms with E-state index in [0.717, 1.165) is 30.3 Å². The minimum atomic E-state index is -3.77. The first kappa shape index (κ1) is 19.8. The molecular weight excluding hydrogens is 416 g/mol. The van der Waals surface area contributed by atoms with Gasteiger partial charge in [0, 0.05) is 6.20 Å². The van der Waals surface area contributed by atoms with E-state index in [1.54, 1.807) is 0 Å². The molecule has 4 rings (SSSR count). The Bertz CT molecular complexity index is 1230. The molecule has 0 fully saturated rings. The summed E-state index contributed by atoms with van der Waals surface area (Å²) in [6.45, 7) is 0.167. The Morgan fingerprint density at radius 3 is 2.53 bits per heavy atom. The number of hydrogen-bond acceptors (Lipinski definition) is 5. The molecule has 0 saturated heterocycles. The highest BCUT2D eigenvalue weighted by molar-refractivity contribution is 7.90. The van der Waals surface area contributed by atoms with E-state index in [0.29, 0.717) is 17.1 Å². The molecule has 0 spiro atoms. The quantitative estimate of drug-likeness (QED) is 0.600. The monoisotopic (exact) mass is 431 g/mol. The van der Waals surface area contributed by atoms with E-state index in [4.69, 9.17) is 4.74 Å². The van der Waals surface area contributed by atoms with Crippen molar-refractivity contribution in [1.82, 2.24) is 10.3 Å². The van der Waals surface area contributed by atoms with Gasteiger partial charge in [0.2, 0.25) is 0 Å². The van der Waals surface area contributed by atoms with Crippen molar-refractivity contribution in [2.75, 3.05) is 5.32 Å². The lowest BCUT2D eigenvalue weighted by molar-refractivity contribution is 0.250. The van der Waals surface area contributed by atoms with Crippen LogP contribution in [0.25, 0.3) is 0 Å². The van der Waals surface area contributed by atoms with Gasteiger partial charge in [-0.1, -0.05) is 6.07 Å². The van der Waals surface area contributed by atoms with Crippen LogP contribution in [-0.4, -0.2) is 19.4 Å². The molecule has 1 aliphatic heterocycles. The van der Waals surface area contributed by atoms with Crippen LogP contribution < -0.4 is 15.4 Å². The van der Waals surface area contributed by atoms with Crippen molar-refractivity contribution in [2.45, 2.75) is 17.2 Å². The number of sulfone groups is 1. The van der Waals surface area contributed by atoms with Crippen LogP contribution in [0.2, 0.25) is 0 Å². The van der Waals surface area contributed by atoms with Gasteiger partial charge < -0.3 is 10.1 Å². The van der Waals surface area contributed by atoms with Gasteiger partial charge in [0.25, 0.3) is 0 Å². The fraction of sp³-hybridized carbons (Fsp3) is 0.100. The molecule has 0 aliphatic carbocycles. The zero-order valence-corrected chi connectivity index (χ0v) is 16.2. The Morgan fingerprint density at radius 2 is 1.80 bits per heavy atom. The largest absolute Gasteiger partial charge is 0.454 e. The molecule has 0 saturated carbocycles. The molecule has 2 amide bonds. The number of anilines is 1. The Labute approximate surface area is 170 Å². The van der Waals surface area contributed by atoms with E-state index in [2.05, 4.69) is 15.6 Å². The van der Waals surface area contributed by atoms with Gasteiger partial charge in [-0.3, -0.25) is 5.32 Å². The molecule has 0 radical (unpaired) electrons. The van der Waals surface area contributed by atoms with Crippen LogP contribution in [0.4, 0.5) is 19.4 Å². The van der Waals surface area contributed by atoms with Gasteiger partial charge in [-0.2, -0.15) is 0 Å². The minimum Gasteiger partial charge on any atom is -0.454 e. The maximum absolute atomic E-state index is 14.6. The Kier molecular flexibility index (Phi) is 5.08. The van der Waals surface area contributed by atoms with E-state index in [1.807, 2.05) is 0 Å². The highest BCUT2D eigenvalue weighted by Gasteiger charge is 2.21. The van der Waals surface area contributed by atoms with Gasteiger partial charge in [0.15, 0.2) is 21.4 Å². The van der Waals surface area contributed by atoms with E-state index in [9.17, 15) is 22.0 Å². The highest BCUT2D eigenvalue weighted by Crippen LogP contribution is 2.32. The van der Waals surface area contributed by atoms with Gasteiger partial charge in [-0.25, -0.2) is 27.0 Å². The first-order valence-corrected chi connectivity index (χ1v) is 10.4. The number of nitrogens with zero attached hydrogens (tertiary/aromatic N) is 1. The number of rotatable bonds is 5. The molecule has 0 bridgehead atoms. The van der Waals surface area contributed by atoms with Crippen LogP contribution >= 0.6 is 0 Å². The number of carbonyl (C=O) groups is 1. The van der Waals surface area contributed by atoms with E-state index >= 15 is 0 Å². The summed E-state index contributed by atoms with van der Waals surface area (Å²) in [5, 5.41) is 5.11. The number of ether oxygens (including phenoxy) is 1. The van der Waals surface area contributed by atoms with Gasteiger partial charge in [-0.05, 0) is 48.0 Å². The standard InChI is InChI=1S/C20H15F2N3O4S/c21-13-2-4-14(5-3-13)30(27,28)11-12-1-6-18(16(22)9-12)29-17-7-8-23-19-15(17)10-24-20(26)25-19/h1-9H,10-11H2,(H2,23,24,25,26). The summed E-state index contributed by atoms with van der Waals surface area (Å²) in [6, 6.07) is 9.41. The predicted molar refractivity (Wildman–Crippen MR) is 104 cm³/mol. The zero-order valence-electron chi connectivity index (χ0n) is 15.4. The number of benzene rings is 2. The minimum absolute atomic E-state index is 0.0532. The van der Waals surface area contributed by atoms with Crippen molar-refractivity contribution in [1.29, 1.82) is 0 Å². The summed E-state index contributed by atoms with van der Waals surface area (Å²) >= 11 is 0. The number of hydrogen-bond donors (Lipinski definition) is 2. The lowest BCUT2D eigenvalue weighted by atomic mass is 10.2. The van der Waals surface area contributed by atoms with Crippen molar-refractivity contribution in [2.24, 2.45) is 0 Å².